The fourth-order valence-corrected chi connectivity index (χ4v) is 0.254. The van der Waals surface area contributed by atoms with Gasteiger partial charge in [-0.2, -0.15) is 0 Å². The van der Waals surface area contributed by atoms with Crippen molar-refractivity contribution in [1.29, 1.82) is 0 Å². The van der Waals surface area contributed by atoms with E-state index in [0.717, 1.165) is 6.08 Å². The first-order chi connectivity index (χ1) is 3.77. The molecule has 0 heterocycles. The van der Waals surface area contributed by atoms with Crippen molar-refractivity contribution in [1.82, 2.24) is 0 Å². The minimum atomic E-state index is -1.22. The summed E-state index contributed by atoms with van der Waals surface area (Å²) in [6, 6.07) is 0. The van der Waals surface area contributed by atoms with Crippen molar-refractivity contribution in [2.75, 3.05) is 6.61 Å². The van der Waals surface area contributed by atoms with Gasteiger partial charge in [-0.3, -0.25) is 0 Å². The Morgan fingerprint density at radius 1 is 1.67 bits per heavy atom. The van der Waals surface area contributed by atoms with Crippen LogP contribution in [0.5, 0.6) is 0 Å². The predicted octanol–water partition coefficient (Wildman–Crippen LogP) is -4.32. The van der Waals surface area contributed by atoms with Crippen LogP contribution < -0.4 is 34.7 Å². The molecule has 3 nitrogen and oxygen atoms in total. The van der Waals surface area contributed by atoms with E-state index >= 15 is 0 Å². The minimum Gasteiger partial charge on any atom is -0.545 e. The Morgan fingerprint density at radius 2 is 2.22 bits per heavy atom. The summed E-state index contributed by atoms with van der Waals surface area (Å²) in [5.74, 6) is -1.22. The van der Waals surface area contributed by atoms with Crippen molar-refractivity contribution in [2.24, 2.45) is 0 Å². The molecule has 46 valence electrons. The summed E-state index contributed by atoms with van der Waals surface area (Å²) in [6.45, 7) is -0.0240. The van der Waals surface area contributed by atoms with Crippen LogP contribution in [-0.4, -0.2) is 17.7 Å². The summed E-state index contributed by atoms with van der Waals surface area (Å²) in [4.78, 5) is 9.59. The molecule has 0 bridgehead atoms. The number of carbonyl (C=O) groups is 1. The number of carboxylic acids is 1. The Labute approximate surface area is 75.7 Å². The van der Waals surface area contributed by atoms with Crippen molar-refractivity contribution in [3.8, 4) is 0 Å². The normalized spacial score (nSPS) is 9.00. The van der Waals surface area contributed by atoms with E-state index in [-0.39, 0.29) is 36.2 Å². The molecular weight excluding hydrogens is 131 g/mol. The summed E-state index contributed by atoms with van der Waals surface area (Å²) in [7, 11) is 0. The zero-order valence-electron chi connectivity index (χ0n) is 5.33. The number of carbonyl (C=O) groups excluding carboxylic acids is 1. The molecule has 0 atom stereocenters. The summed E-state index contributed by atoms with van der Waals surface area (Å²) >= 11 is 0. The maximum atomic E-state index is 9.59. The average molecular weight is 138 g/mol. The van der Waals surface area contributed by atoms with Crippen LogP contribution in [0.25, 0.3) is 0 Å². The molecule has 0 aliphatic carbocycles. The second-order valence-electron chi connectivity index (χ2n) is 1.23. The predicted molar refractivity (Wildman–Crippen MR) is 25.8 cm³/mol. The molecule has 0 aromatic heterocycles. The van der Waals surface area contributed by atoms with Gasteiger partial charge in [-0.15, -0.1) is 0 Å². The van der Waals surface area contributed by atoms with Gasteiger partial charge in [0.15, 0.2) is 0 Å². The Hall–Kier alpha value is 0.170. The van der Waals surface area contributed by atoms with Crippen molar-refractivity contribution < 1.29 is 44.6 Å². The molecule has 0 aromatic carbocycles. The van der Waals surface area contributed by atoms with E-state index < -0.39 is 5.97 Å². The SMILES string of the molecule is O=C([O-])C=CCCO.[Na+]. The zero-order chi connectivity index (χ0) is 6.41. The van der Waals surface area contributed by atoms with Gasteiger partial charge >= 0.3 is 29.6 Å². The third kappa shape index (κ3) is 11.6. The van der Waals surface area contributed by atoms with Crippen LogP contribution in [0.1, 0.15) is 6.42 Å². The van der Waals surface area contributed by atoms with Gasteiger partial charge in [-0.05, 0) is 12.5 Å². The topological polar surface area (TPSA) is 60.4 Å². The molecular formula is C5H7NaO3. The first-order valence-corrected chi connectivity index (χ1v) is 2.25. The van der Waals surface area contributed by atoms with Gasteiger partial charge in [0.25, 0.3) is 0 Å². The van der Waals surface area contributed by atoms with Gasteiger partial charge in [-0.1, -0.05) is 6.08 Å². The molecule has 0 spiro atoms. The van der Waals surface area contributed by atoms with Crippen molar-refractivity contribution in [2.45, 2.75) is 6.42 Å². The van der Waals surface area contributed by atoms with Gasteiger partial charge in [0.2, 0.25) is 0 Å². The van der Waals surface area contributed by atoms with E-state index in [1.54, 1.807) is 0 Å². The van der Waals surface area contributed by atoms with Crippen LogP contribution in [0.4, 0.5) is 0 Å². The minimum absolute atomic E-state index is 0. The maximum absolute atomic E-state index is 9.59. The zero-order valence-corrected chi connectivity index (χ0v) is 7.33. The molecule has 0 rings (SSSR count). The molecule has 0 aromatic rings. The molecule has 4 heteroatoms. The van der Waals surface area contributed by atoms with Crippen LogP contribution in [0.2, 0.25) is 0 Å². The fourth-order valence-electron chi connectivity index (χ4n) is 0.254. The molecule has 1 N–H and O–H groups in total. The molecule has 9 heavy (non-hydrogen) atoms. The number of aliphatic hydroxyl groups is 1. The van der Waals surface area contributed by atoms with E-state index in [1.807, 2.05) is 0 Å². The van der Waals surface area contributed by atoms with Gasteiger partial charge in [-0.25, -0.2) is 0 Å². The van der Waals surface area contributed by atoms with E-state index in [9.17, 15) is 9.90 Å². The largest absolute Gasteiger partial charge is 1.00 e. The van der Waals surface area contributed by atoms with Crippen molar-refractivity contribution in [3.63, 3.8) is 0 Å². The van der Waals surface area contributed by atoms with Crippen LogP contribution >= 0.6 is 0 Å². The van der Waals surface area contributed by atoms with Gasteiger partial charge in [0.1, 0.15) is 0 Å². The molecule has 0 aliphatic rings. The molecule has 0 unspecified atom stereocenters. The van der Waals surface area contributed by atoms with Crippen LogP contribution in [0.15, 0.2) is 12.2 Å². The molecule has 0 radical (unpaired) electrons. The van der Waals surface area contributed by atoms with Crippen molar-refractivity contribution in [3.05, 3.63) is 12.2 Å². The average Bonchev–Trinajstić information content (AvgIpc) is 1.66. The first-order valence-electron chi connectivity index (χ1n) is 2.25. The fraction of sp³-hybridized carbons (Fsp3) is 0.400. The Bertz CT molecular complexity index is 100. The third-order valence-electron chi connectivity index (χ3n) is 0.550. The number of aliphatic carboxylic acids is 1. The molecule has 0 saturated heterocycles. The van der Waals surface area contributed by atoms with E-state index in [2.05, 4.69) is 0 Å². The molecule has 0 saturated carbocycles. The summed E-state index contributed by atoms with van der Waals surface area (Å²) < 4.78 is 0. The van der Waals surface area contributed by atoms with Crippen LogP contribution in [0, 0.1) is 0 Å². The van der Waals surface area contributed by atoms with Crippen LogP contribution in [0.3, 0.4) is 0 Å². The Kier molecular flexibility index (Phi) is 10.8. The quantitative estimate of drug-likeness (QED) is 0.317. The number of hydrogen-bond acceptors (Lipinski definition) is 3. The molecule has 0 fully saturated rings. The summed E-state index contributed by atoms with van der Waals surface area (Å²) in [6.07, 6.45) is 2.61. The number of carboxylic acid groups (broad SMARTS) is 1. The second kappa shape index (κ2) is 8.17. The van der Waals surface area contributed by atoms with Crippen molar-refractivity contribution >= 4 is 5.97 Å². The first kappa shape index (κ1) is 11.9. The summed E-state index contributed by atoms with van der Waals surface area (Å²) in [5, 5.41) is 17.7. The monoisotopic (exact) mass is 138 g/mol. The number of rotatable bonds is 3. The smallest absolute Gasteiger partial charge is 0.545 e. The Morgan fingerprint density at radius 3 is 2.56 bits per heavy atom. The molecule has 0 amide bonds. The maximum Gasteiger partial charge on any atom is 1.00 e. The van der Waals surface area contributed by atoms with Gasteiger partial charge in [0.05, 0.1) is 5.97 Å². The third-order valence-corrected chi connectivity index (χ3v) is 0.550. The molecule has 0 aliphatic heterocycles. The standard InChI is InChI=1S/C5H8O3.Na/c6-4-2-1-3-5(7)8;/h1,3,6H,2,4H2,(H,7,8);/q;+1/p-1. The number of aliphatic hydroxyl groups excluding tert-OH is 1. The van der Waals surface area contributed by atoms with Gasteiger partial charge in [0, 0.05) is 6.61 Å². The van der Waals surface area contributed by atoms with Crippen LogP contribution in [-0.2, 0) is 4.79 Å². The van der Waals surface area contributed by atoms with E-state index in [1.165, 1.54) is 6.08 Å². The van der Waals surface area contributed by atoms with Gasteiger partial charge < -0.3 is 15.0 Å². The van der Waals surface area contributed by atoms with E-state index in [0.29, 0.717) is 6.42 Å². The number of hydrogen-bond donors (Lipinski definition) is 1. The Balaban J connectivity index is 0. The second-order valence-corrected chi connectivity index (χ2v) is 1.23. The van der Waals surface area contributed by atoms with E-state index in [4.69, 9.17) is 5.11 Å². The summed E-state index contributed by atoms with van der Waals surface area (Å²) in [5.41, 5.74) is 0.